The first kappa shape index (κ1) is 9.61. The highest BCUT2D eigenvalue weighted by atomic mass is 32.1. The van der Waals surface area contributed by atoms with Crippen molar-refractivity contribution in [3.05, 3.63) is 21.4 Å². The van der Waals surface area contributed by atoms with Crippen molar-refractivity contribution >= 4 is 11.3 Å². The monoisotopic (exact) mass is 192 g/mol. The van der Waals surface area contributed by atoms with Gasteiger partial charge < -0.3 is 5.11 Å². The van der Waals surface area contributed by atoms with E-state index in [2.05, 4.69) is 0 Å². The SMILES string of the molecule is Cc1cc(C(F)(F)CO)c(C)s1. The van der Waals surface area contributed by atoms with E-state index in [9.17, 15) is 8.78 Å². The molecule has 0 aliphatic rings. The summed E-state index contributed by atoms with van der Waals surface area (Å²) in [5, 5.41) is 8.44. The Morgan fingerprint density at radius 3 is 2.42 bits per heavy atom. The van der Waals surface area contributed by atoms with Crippen LogP contribution >= 0.6 is 11.3 Å². The molecule has 1 aromatic rings. The summed E-state index contributed by atoms with van der Waals surface area (Å²) >= 11 is 1.32. The van der Waals surface area contributed by atoms with Crippen molar-refractivity contribution in [1.29, 1.82) is 0 Å². The van der Waals surface area contributed by atoms with Crippen LogP contribution in [0.15, 0.2) is 6.07 Å². The van der Waals surface area contributed by atoms with E-state index in [0.717, 1.165) is 4.88 Å². The van der Waals surface area contributed by atoms with Crippen molar-refractivity contribution in [1.82, 2.24) is 0 Å². The maximum atomic E-state index is 12.9. The van der Waals surface area contributed by atoms with E-state index in [4.69, 9.17) is 5.11 Å². The maximum Gasteiger partial charge on any atom is 0.296 e. The van der Waals surface area contributed by atoms with E-state index in [1.807, 2.05) is 0 Å². The highest BCUT2D eigenvalue weighted by Crippen LogP contribution is 2.34. The van der Waals surface area contributed by atoms with E-state index in [0.29, 0.717) is 4.88 Å². The van der Waals surface area contributed by atoms with Gasteiger partial charge in [-0.3, -0.25) is 0 Å². The summed E-state index contributed by atoms with van der Waals surface area (Å²) in [7, 11) is 0. The zero-order chi connectivity index (χ0) is 9.35. The lowest BCUT2D eigenvalue weighted by molar-refractivity contribution is -0.0557. The Kier molecular flexibility index (Phi) is 2.49. The number of halogens is 2. The molecule has 0 aromatic carbocycles. The van der Waals surface area contributed by atoms with Gasteiger partial charge in [0, 0.05) is 15.3 Å². The Morgan fingerprint density at radius 1 is 1.50 bits per heavy atom. The summed E-state index contributed by atoms with van der Waals surface area (Å²) in [6.45, 7) is 2.29. The molecule has 0 unspecified atom stereocenters. The molecule has 4 heteroatoms. The highest BCUT2D eigenvalue weighted by molar-refractivity contribution is 7.12. The van der Waals surface area contributed by atoms with Crippen LogP contribution in [-0.4, -0.2) is 11.7 Å². The lowest BCUT2D eigenvalue weighted by Crippen LogP contribution is -2.18. The topological polar surface area (TPSA) is 20.2 Å². The van der Waals surface area contributed by atoms with Gasteiger partial charge in [0.15, 0.2) is 0 Å². The molecule has 0 saturated carbocycles. The molecule has 0 saturated heterocycles. The van der Waals surface area contributed by atoms with Gasteiger partial charge in [-0.15, -0.1) is 11.3 Å². The van der Waals surface area contributed by atoms with E-state index >= 15 is 0 Å². The van der Waals surface area contributed by atoms with E-state index in [1.54, 1.807) is 13.8 Å². The zero-order valence-corrected chi connectivity index (χ0v) is 7.71. The number of alkyl halides is 2. The molecule has 0 bridgehead atoms. The summed E-state index contributed by atoms with van der Waals surface area (Å²) in [5.41, 5.74) is -0.0486. The predicted molar refractivity (Wildman–Crippen MR) is 44.8 cm³/mol. The number of thiophene rings is 1. The van der Waals surface area contributed by atoms with Crippen molar-refractivity contribution in [2.45, 2.75) is 19.8 Å². The molecule has 1 rings (SSSR count). The minimum atomic E-state index is -3.09. The quantitative estimate of drug-likeness (QED) is 0.763. The third-order valence-electron chi connectivity index (χ3n) is 1.63. The van der Waals surface area contributed by atoms with Crippen LogP contribution in [0.25, 0.3) is 0 Å². The summed E-state index contributed by atoms with van der Waals surface area (Å²) in [6, 6.07) is 1.43. The highest BCUT2D eigenvalue weighted by Gasteiger charge is 2.33. The average molecular weight is 192 g/mol. The summed E-state index contributed by atoms with van der Waals surface area (Å²) in [4.78, 5) is 1.42. The Bertz CT molecular complexity index is 281. The molecule has 0 aliphatic heterocycles. The van der Waals surface area contributed by atoms with Crippen molar-refractivity contribution in [3.8, 4) is 0 Å². The fourth-order valence-corrected chi connectivity index (χ4v) is 2.06. The van der Waals surface area contributed by atoms with Gasteiger partial charge >= 0.3 is 0 Å². The van der Waals surface area contributed by atoms with Gasteiger partial charge in [-0.1, -0.05) is 0 Å². The molecule has 1 N–H and O–H groups in total. The van der Waals surface area contributed by atoms with Gasteiger partial charge in [-0.25, -0.2) is 0 Å². The van der Waals surface area contributed by atoms with Gasteiger partial charge in [0.2, 0.25) is 0 Å². The van der Waals surface area contributed by atoms with Crippen molar-refractivity contribution in [3.63, 3.8) is 0 Å². The van der Waals surface area contributed by atoms with Crippen LogP contribution in [0.5, 0.6) is 0 Å². The van der Waals surface area contributed by atoms with Gasteiger partial charge in [0.05, 0.1) is 0 Å². The van der Waals surface area contributed by atoms with Crippen LogP contribution in [0.2, 0.25) is 0 Å². The maximum absolute atomic E-state index is 12.9. The molecule has 0 spiro atoms. The van der Waals surface area contributed by atoms with E-state index < -0.39 is 12.5 Å². The molecule has 0 fully saturated rings. The third-order valence-corrected chi connectivity index (χ3v) is 2.60. The molecule has 0 amide bonds. The lowest BCUT2D eigenvalue weighted by atomic mass is 10.1. The normalized spacial score (nSPS) is 12.1. The molecule has 1 aromatic heterocycles. The van der Waals surface area contributed by atoms with Gasteiger partial charge in [0.1, 0.15) is 6.61 Å². The second-order valence-corrected chi connectivity index (χ2v) is 4.15. The molecular formula is C8H10F2OS. The number of aliphatic hydroxyl groups is 1. The Hall–Kier alpha value is -0.480. The van der Waals surface area contributed by atoms with E-state index in [-0.39, 0.29) is 5.56 Å². The third kappa shape index (κ3) is 1.64. The molecule has 0 radical (unpaired) electrons. The number of rotatable bonds is 2. The van der Waals surface area contributed by atoms with Gasteiger partial charge in [-0.05, 0) is 19.9 Å². The van der Waals surface area contributed by atoms with Crippen molar-refractivity contribution < 1.29 is 13.9 Å². The Balaban J connectivity index is 3.09. The molecule has 1 heterocycles. The van der Waals surface area contributed by atoms with Crippen molar-refractivity contribution in [2.24, 2.45) is 0 Å². The largest absolute Gasteiger partial charge is 0.390 e. The van der Waals surface area contributed by atoms with E-state index in [1.165, 1.54) is 17.4 Å². The number of aryl methyl sites for hydroxylation is 2. The second-order valence-electron chi connectivity index (χ2n) is 2.69. The molecular weight excluding hydrogens is 182 g/mol. The average Bonchev–Trinajstić information content (AvgIpc) is 2.31. The molecule has 12 heavy (non-hydrogen) atoms. The molecule has 68 valence electrons. The zero-order valence-electron chi connectivity index (χ0n) is 6.90. The fraction of sp³-hybridized carbons (Fsp3) is 0.500. The molecule has 1 nitrogen and oxygen atoms in total. The summed E-state index contributed by atoms with van der Waals surface area (Å²) < 4.78 is 25.8. The van der Waals surface area contributed by atoms with Crippen LogP contribution in [0.1, 0.15) is 15.3 Å². The standard InChI is InChI=1S/C8H10F2OS/c1-5-3-7(6(2)12-5)8(9,10)4-11/h3,11H,4H2,1-2H3. The summed E-state index contributed by atoms with van der Waals surface area (Å²) in [6.07, 6.45) is 0. The van der Waals surface area contributed by atoms with Crippen LogP contribution < -0.4 is 0 Å². The summed E-state index contributed by atoms with van der Waals surface area (Å²) in [5.74, 6) is -3.09. The fourth-order valence-electron chi connectivity index (χ4n) is 1.08. The number of hydrogen-bond donors (Lipinski definition) is 1. The Labute approximate surface area is 73.7 Å². The van der Waals surface area contributed by atoms with Crippen LogP contribution in [0.3, 0.4) is 0 Å². The Morgan fingerprint density at radius 2 is 2.08 bits per heavy atom. The first-order valence-electron chi connectivity index (χ1n) is 3.53. The lowest BCUT2D eigenvalue weighted by Gasteiger charge is -2.11. The number of aliphatic hydroxyl groups excluding tert-OH is 1. The van der Waals surface area contributed by atoms with Crippen molar-refractivity contribution in [2.75, 3.05) is 6.61 Å². The minimum absolute atomic E-state index is 0.0486. The van der Waals surface area contributed by atoms with Crippen LogP contribution in [0, 0.1) is 13.8 Å². The molecule has 0 atom stereocenters. The predicted octanol–water partition coefficient (Wildman–Crippen LogP) is 2.45. The minimum Gasteiger partial charge on any atom is -0.390 e. The molecule has 0 aliphatic carbocycles. The number of hydrogen-bond acceptors (Lipinski definition) is 2. The first-order valence-corrected chi connectivity index (χ1v) is 4.35. The smallest absolute Gasteiger partial charge is 0.296 e. The van der Waals surface area contributed by atoms with Gasteiger partial charge in [-0.2, -0.15) is 8.78 Å². The van der Waals surface area contributed by atoms with Crippen LogP contribution in [-0.2, 0) is 5.92 Å². The van der Waals surface area contributed by atoms with Crippen LogP contribution in [0.4, 0.5) is 8.78 Å². The first-order chi connectivity index (χ1) is 5.47. The van der Waals surface area contributed by atoms with Gasteiger partial charge in [0.25, 0.3) is 5.92 Å². The second kappa shape index (κ2) is 3.11.